The molecular formula is C12H20N2O. The van der Waals surface area contributed by atoms with E-state index in [1.807, 2.05) is 39.0 Å². The van der Waals surface area contributed by atoms with Gasteiger partial charge in [-0.2, -0.15) is 0 Å². The number of nitrogens with one attached hydrogen (secondary N) is 1. The minimum Gasteiger partial charge on any atom is -0.397 e. The second kappa shape index (κ2) is 4.53. The lowest BCUT2D eigenvalue weighted by Crippen LogP contribution is -2.27. The van der Waals surface area contributed by atoms with E-state index in [-0.39, 0.29) is 12.0 Å². The van der Waals surface area contributed by atoms with Gasteiger partial charge in [-0.05, 0) is 24.6 Å². The Morgan fingerprint density at radius 2 is 2.07 bits per heavy atom. The van der Waals surface area contributed by atoms with Gasteiger partial charge in [-0.3, -0.25) is 0 Å². The van der Waals surface area contributed by atoms with Crippen LogP contribution in [-0.4, -0.2) is 18.3 Å². The molecule has 84 valence electrons. The normalized spacial score (nSPS) is 11.5. The molecule has 0 atom stereocenters. The predicted octanol–water partition coefficient (Wildman–Crippen LogP) is 2.01. The molecule has 0 saturated heterocycles. The highest BCUT2D eigenvalue weighted by Gasteiger charge is 2.16. The average Bonchev–Trinajstić information content (AvgIpc) is 2.16. The molecule has 0 fully saturated rings. The summed E-state index contributed by atoms with van der Waals surface area (Å²) in [6.45, 7) is 6.88. The number of rotatable bonds is 4. The Bertz CT molecular complexity index is 334. The van der Waals surface area contributed by atoms with Crippen molar-refractivity contribution in [1.82, 2.24) is 0 Å². The summed E-state index contributed by atoms with van der Waals surface area (Å²) in [5.41, 5.74) is 8.58. The number of hydrogen-bond donors (Lipinski definition) is 3. The standard InChI is InChI=1S/C12H20N2O/c1-9-4-5-11(10(13)6-9)14-7-12(2,3)8-15/h4-6,14-15H,7-8,13H2,1-3H3. The first-order chi connectivity index (χ1) is 6.94. The smallest absolute Gasteiger partial charge is 0.0574 e. The van der Waals surface area contributed by atoms with Crippen LogP contribution in [0.3, 0.4) is 0 Å². The summed E-state index contributed by atoms with van der Waals surface area (Å²) < 4.78 is 0. The fourth-order valence-electron chi connectivity index (χ4n) is 1.23. The molecule has 0 aromatic heterocycles. The lowest BCUT2D eigenvalue weighted by molar-refractivity contribution is 0.171. The monoisotopic (exact) mass is 208 g/mol. The van der Waals surface area contributed by atoms with E-state index in [0.29, 0.717) is 6.54 Å². The van der Waals surface area contributed by atoms with E-state index in [1.54, 1.807) is 0 Å². The first-order valence-electron chi connectivity index (χ1n) is 5.15. The molecule has 0 aliphatic carbocycles. The van der Waals surface area contributed by atoms with Gasteiger partial charge in [0, 0.05) is 18.6 Å². The summed E-state index contributed by atoms with van der Waals surface area (Å²) in [5, 5.41) is 12.4. The van der Waals surface area contributed by atoms with Gasteiger partial charge in [0.05, 0.1) is 11.4 Å². The Morgan fingerprint density at radius 3 is 2.60 bits per heavy atom. The van der Waals surface area contributed by atoms with Crippen LogP contribution in [0.25, 0.3) is 0 Å². The number of nitrogens with two attached hydrogens (primary N) is 1. The molecular weight excluding hydrogens is 188 g/mol. The number of aryl methyl sites for hydroxylation is 1. The topological polar surface area (TPSA) is 58.3 Å². The van der Waals surface area contributed by atoms with Crippen molar-refractivity contribution in [2.45, 2.75) is 20.8 Å². The Balaban J connectivity index is 2.66. The van der Waals surface area contributed by atoms with Crippen LogP contribution in [0.4, 0.5) is 11.4 Å². The molecule has 0 aliphatic rings. The molecule has 3 heteroatoms. The Kier molecular flexibility index (Phi) is 3.58. The summed E-state index contributed by atoms with van der Waals surface area (Å²) in [6, 6.07) is 5.93. The zero-order valence-electron chi connectivity index (χ0n) is 9.67. The minimum atomic E-state index is -0.128. The molecule has 0 bridgehead atoms. The quantitative estimate of drug-likeness (QED) is 0.663. The maximum absolute atomic E-state index is 9.11. The van der Waals surface area contributed by atoms with Crippen LogP contribution in [0.5, 0.6) is 0 Å². The van der Waals surface area contributed by atoms with Gasteiger partial charge >= 0.3 is 0 Å². The summed E-state index contributed by atoms with van der Waals surface area (Å²) in [5.74, 6) is 0. The summed E-state index contributed by atoms with van der Waals surface area (Å²) >= 11 is 0. The van der Waals surface area contributed by atoms with Gasteiger partial charge < -0.3 is 16.2 Å². The third-order valence-corrected chi connectivity index (χ3v) is 2.39. The van der Waals surface area contributed by atoms with Crippen molar-refractivity contribution in [3.63, 3.8) is 0 Å². The lowest BCUT2D eigenvalue weighted by Gasteiger charge is -2.23. The number of benzene rings is 1. The fourth-order valence-corrected chi connectivity index (χ4v) is 1.23. The van der Waals surface area contributed by atoms with Gasteiger partial charge in [0.1, 0.15) is 0 Å². The maximum atomic E-state index is 9.11. The molecule has 0 unspecified atom stereocenters. The van der Waals surface area contributed by atoms with Crippen molar-refractivity contribution in [3.8, 4) is 0 Å². The van der Waals surface area contributed by atoms with Gasteiger partial charge in [-0.1, -0.05) is 19.9 Å². The van der Waals surface area contributed by atoms with Gasteiger partial charge in [0.2, 0.25) is 0 Å². The third-order valence-electron chi connectivity index (χ3n) is 2.39. The fraction of sp³-hybridized carbons (Fsp3) is 0.500. The molecule has 1 aromatic rings. The second-order valence-corrected chi connectivity index (χ2v) is 4.77. The summed E-state index contributed by atoms with van der Waals surface area (Å²) in [7, 11) is 0. The zero-order valence-corrected chi connectivity index (χ0v) is 9.67. The lowest BCUT2D eigenvalue weighted by atomic mass is 9.95. The van der Waals surface area contributed by atoms with Gasteiger partial charge in [0.25, 0.3) is 0 Å². The molecule has 0 aliphatic heterocycles. The molecule has 3 nitrogen and oxygen atoms in total. The number of aliphatic hydroxyl groups is 1. The molecule has 0 spiro atoms. The van der Waals surface area contributed by atoms with Crippen LogP contribution in [0, 0.1) is 12.3 Å². The second-order valence-electron chi connectivity index (χ2n) is 4.77. The summed E-state index contributed by atoms with van der Waals surface area (Å²) in [4.78, 5) is 0. The van der Waals surface area contributed by atoms with E-state index in [9.17, 15) is 0 Å². The number of aliphatic hydroxyl groups excluding tert-OH is 1. The van der Waals surface area contributed by atoms with Gasteiger partial charge in [-0.25, -0.2) is 0 Å². The molecule has 0 radical (unpaired) electrons. The zero-order chi connectivity index (χ0) is 11.5. The van der Waals surface area contributed by atoms with E-state index < -0.39 is 0 Å². The van der Waals surface area contributed by atoms with E-state index in [1.165, 1.54) is 0 Å². The first kappa shape index (κ1) is 11.9. The SMILES string of the molecule is Cc1ccc(NCC(C)(C)CO)c(N)c1. The van der Waals surface area contributed by atoms with Crippen LogP contribution in [0.2, 0.25) is 0 Å². The Labute approximate surface area is 91.3 Å². The van der Waals surface area contributed by atoms with E-state index in [4.69, 9.17) is 10.8 Å². The molecule has 0 heterocycles. The Morgan fingerprint density at radius 1 is 1.40 bits per heavy atom. The van der Waals surface area contributed by atoms with Crippen molar-refractivity contribution in [1.29, 1.82) is 0 Å². The molecule has 0 amide bonds. The highest BCUT2D eigenvalue weighted by atomic mass is 16.3. The van der Waals surface area contributed by atoms with E-state index in [0.717, 1.165) is 16.9 Å². The Hall–Kier alpha value is -1.22. The van der Waals surface area contributed by atoms with Crippen molar-refractivity contribution in [2.24, 2.45) is 5.41 Å². The largest absolute Gasteiger partial charge is 0.397 e. The van der Waals surface area contributed by atoms with Gasteiger partial charge in [0.15, 0.2) is 0 Å². The average molecular weight is 208 g/mol. The van der Waals surface area contributed by atoms with Gasteiger partial charge in [-0.15, -0.1) is 0 Å². The predicted molar refractivity (Wildman–Crippen MR) is 64.9 cm³/mol. The molecule has 15 heavy (non-hydrogen) atoms. The third kappa shape index (κ3) is 3.44. The van der Waals surface area contributed by atoms with Crippen molar-refractivity contribution >= 4 is 11.4 Å². The maximum Gasteiger partial charge on any atom is 0.0574 e. The highest BCUT2D eigenvalue weighted by Crippen LogP contribution is 2.22. The number of anilines is 2. The van der Waals surface area contributed by atoms with E-state index in [2.05, 4.69) is 5.32 Å². The van der Waals surface area contributed by atoms with Crippen molar-refractivity contribution < 1.29 is 5.11 Å². The molecule has 4 N–H and O–H groups in total. The molecule has 1 rings (SSSR count). The van der Waals surface area contributed by atoms with Crippen LogP contribution in [-0.2, 0) is 0 Å². The summed E-state index contributed by atoms with van der Waals surface area (Å²) in [6.07, 6.45) is 0. The van der Waals surface area contributed by atoms with Crippen LogP contribution in [0.1, 0.15) is 19.4 Å². The number of nitrogen functional groups attached to an aromatic ring is 1. The highest BCUT2D eigenvalue weighted by molar-refractivity contribution is 5.66. The van der Waals surface area contributed by atoms with Crippen molar-refractivity contribution in [2.75, 3.05) is 24.2 Å². The number of hydrogen-bond acceptors (Lipinski definition) is 3. The molecule has 0 saturated carbocycles. The van der Waals surface area contributed by atoms with E-state index >= 15 is 0 Å². The van der Waals surface area contributed by atoms with Crippen LogP contribution >= 0.6 is 0 Å². The molecule has 1 aromatic carbocycles. The minimum absolute atomic E-state index is 0.128. The van der Waals surface area contributed by atoms with Crippen LogP contribution < -0.4 is 11.1 Å². The van der Waals surface area contributed by atoms with Crippen molar-refractivity contribution in [3.05, 3.63) is 23.8 Å². The first-order valence-corrected chi connectivity index (χ1v) is 5.15. The van der Waals surface area contributed by atoms with Crippen LogP contribution in [0.15, 0.2) is 18.2 Å².